The van der Waals surface area contributed by atoms with Gasteiger partial charge in [-0.05, 0) is 101 Å². The lowest BCUT2D eigenvalue weighted by Crippen LogP contribution is -2.44. The second-order valence-electron chi connectivity index (χ2n) is 9.59. The molecule has 0 saturated carbocycles. The Balaban J connectivity index is 1.23. The van der Waals surface area contributed by atoms with Crippen molar-refractivity contribution in [1.29, 1.82) is 0 Å². The predicted molar refractivity (Wildman–Crippen MR) is 136 cm³/mol. The highest BCUT2D eigenvalue weighted by atomic mass is 79.9. The molecular formula is C27H35BrN2O3. The van der Waals surface area contributed by atoms with E-state index in [4.69, 9.17) is 9.47 Å². The highest BCUT2D eigenvalue weighted by Crippen LogP contribution is 2.30. The zero-order valence-corrected chi connectivity index (χ0v) is 21.3. The van der Waals surface area contributed by atoms with Crippen LogP contribution < -0.4 is 9.64 Å². The molecule has 4 rings (SSSR count). The molecular weight excluding hydrogens is 480 g/mol. The monoisotopic (exact) mass is 514 g/mol. The van der Waals surface area contributed by atoms with Gasteiger partial charge in [0.1, 0.15) is 5.75 Å². The standard InChI is InChI=1S/C27H35BrN2O3/c1-20(2)33-25-8-9-26(28)23(17-25)16-21-10-13-29(14-11-21)15-12-22-18-30(27(31)32-19-22)24-6-4-3-5-7-24/h3-9,17,20-22H,10-16,18-19H2,1-2H3. The topological polar surface area (TPSA) is 42.0 Å². The van der Waals surface area contributed by atoms with Crippen molar-refractivity contribution >= 4 is 27.7 Å². The molecule has 5 nitrogen and oxygen atoms in total. The molecule has 0 aromatic heterocycles. The van der Waals surface area contributed by atoms with Crippen LogP contribution in [0.3, 0.4) is 0 Å². The van der Waals surface area contributed by atoms with Gasteiger partial charge in [0, 0.05) is 22.6 Å². The fourth-order valence-corrected chi connectivity index (χ4v) is 5.20. The number of anilines is 1. The van der Waals surface area contributed by atoms with Crippen LogP contribution in [0.25, 0.3) is 0 Å². The van der Waals surface area contributed by atoms with Gasteiger partial charge in [0.05, 0.1) is 12.7 Å². The van der Waals surface area contributed by atoms with Gasteiger partial charge in [0.15, 0.2) is 0 Å². The predicted octanol–water partition coefficient (Wildman–Crippen LogP) is 6.15. The third-order valence-electron chi connectivity index (χ3n) is 6.63. The summed E-state index contributed by atoms with van der Waals surface area (Å²) in [5, 5.41) is 0. The van der Waals surface area contributed by atoms with Crippen molar-refractivity contribution in [2.24, 2.45) is 11.8 Å². The Morgan fingerprint density at radius 3 is 2.58 bits per heavy atom. The van der Waals surface area contributed by atoms with Crippen molar-refractivity contribution in [3.8, 4) is 5.75 Å². The van der Waals surface area contributed by atoms with Gasteiger partial charge in [-0.15, -0.1) is 0 Å². The first kappa shape index (κ1) is 24.1. The maximum atomic E-state index is 12.2. The molecule has 178 valence electrons. The van der Waals surface area contributed by atoms with Gasteiger partial charge in [-0.3, -0.25) is 4.90 Å². The maximum Gasteiger partial charge on any atom is 0.414 e. The largest absolute Gasteiger partial charge is 0.491 e. The van der Waals surface area contributed by atoms with Gasteiger partial charge in [0.25, 0.3) is 0 Å². The minimum absolute atomic E-state index is 0.190. The van der Waals surface area contributed by atoms with E-state index in [0.717, 1.165) is 50.5 Å². The van der Waals surface area contributed by atoms with Crippen molar-refractivity contribution in [2.75, 3.05) is 37.7 Å². The van der Waals surface area contributed by atoms with Crippen LogP contribution in [0.5, 0.6) is 5.75 Å². The number of hydrogen-bond donors (Lipinski definition) is 0. The van der Waals surface area contributed by atoms with E-state index < -0.39 is 0 Å². The Morgan fingerprint density at radius 1 is 1.09 bits per heavy atom. The number of ether oxygens (including phenoxy) is 2. The molecule has 1 amide bonds. The molecule has 2 aliphatic rings. The molecule has 0 N–H and O–H groups in total. The lowest BCUT2D eigenvalue weighted by atomic mass is 9.90. The minimum Gasteiger partial charge on any atom is -0.491 e. The summed E-state index contributed by atoms with van der Waals surface area (Å²) in [6.07, 6.45) is 4.55. The molecule has 2 saturated heterocycles. The van der Waals surface area contributed by atoms with E-state index in [1.165, 1.54) is 22.9 Å². The summed E-state index contributed by atoms with van der Waals surface area (Å²) in [7, 11) is 0. The van der Waals surface area contributed by atoms with E-state index in [1.807, 2.05) is 36.4 Å². The van der Waals surface area contributed by atoms with E-state index >= 15 is 0 Å². The van der Waals surface area contributed by atoms with E-state index in [-0.39, 0.29) is 12.2 Å². The molecule has 2 aliphatic heterocycles. The summed E-state index contributed by atoms with van der Waals surface area (Å²) in [6, 6.07) is 16.2. The first-order valence-electron chi connectivity index (χ1n) is 12.1. The van der Waals surface area contributed by atoms with Crippen molar-refractivity contribution in [3.63, 3.8) is 0 Å². The average Bonchev–Trinajstić information content (AvgIpc) is 2.82. The van der Waals surface area contributed by atoms with Crippen LogP contribution in [-0.2, 0) is 11.2 Å². The summed E-state index contributed by atoms with van der Waals surface area (Å²) in [6.45, 7) is 8.74. The molecule has 0 radical (unpaired) electrons. The van der Waals surface area contributed by atoms with Crippen molar-refractivity contribution in [3.05, 3.63) is 58.6 Å². The number of halogens is 1. The van der Waals surface area contributed by atoms with E-state index in [9.17, 15) is 4.79 Å². The number of nitrogens with zero attached hydrogens (tertiary/aromatic N) is 2. The van der Waals surface area contributed by atoms with Crippen LogP contribution in [0.4, 0.5) is 10.5 Å². The van der Waals surface area contributed by atoms with Gasteiger partial charge in [-0.25, -0.2) is 4.79 Å². The number of carbonyl (C=O) groups excluding carboxylic acids is 1. The highest BCUT2D eigenvalue weighted by Gasteiger charge is 2.29. The van der Waals surface area contributed by atoms with Crippen LogP contribution in [0.1, 0.15) is 38.7 Å². The molecule has 0 aliphatic carbocycles. The zero-order valence-electron chi connectivity index (χ0n) is 19.7. The number of amides is 1. The molecule has 2 heterocycles. The number of carbonyl (C=O) groups is 1. The summed E-state index contributed by atoms with van der Waals surface area (Å²) < 4.78 is 12.5. The third kappa shape index (κ3) is 6.73. The van der Waals surface area contributed by atoms with Gasteiger partial charge < -0.3 is 14.4 Å². The van der Waals surface area contributed by atoms with Gasteiger partial charge >= 0.3 is 6.09 Å². The van der Waals surface area contributed by atoms with Gasteiger partial charge in [-0.1, -0.05) is 34.1 Å². The number of para-hydroxylation sites is 1. The van der Waals surface area contributed by atoms with Crippen LogP contribution >= 0.6 is 15.9 Å². The number of benzene rings is 2. The Hall–Kier alpha value is -2.05. The van der Waals surface area contributed by atoms with Gasteiger partial charge in [0.2, 0.25) is 0 Å². The molecule has 2 fully saturated rings. The molecule has 1 atom stereocenters. The second-order valence-corrected chi connectivity index (χ2v) is 10.4. The number of rotatable bonds is 8. The van der Waals surface area contributed by atoms with Crippen molar-refractivity contribution in [1.82, 2.24) is 4.90 Å². The first-order valence-corrected chi connectivity index (χ1v) is 12.9. The maximum absolute atomic E-state index is 12.2. The average molecular weight is 515 g/mol. The fraction of sp³-hybridized carbons (Fsp3) is 0.519. The number of piperidine rings is 1. The Bertz CT molecular complexity index is 913. The summed E-state index contributed by atoms with van der Waals surface area (Å²) in [4.78, 5) is 16.6. The lowest BCUT2D eigenvalue weighted by Gasteiger charge is -2.35. The Morgan fingerprint density at radius 2 is 1.85 bits per heavy atom. The zero-order chi connectivity index (χ0) is 23.2. The molecule has 33 heavy (non-hydrogen) atoms. The van der Waals surface area contributed by atoms with Crippen LogP contribution in [-0.4, -0.2) is 49.9 Å². The Kier molecular flexibility index (Phi) is 8.31. The third-order valence-corrected chi connectivity index (χ3v) is 7.40. The summed E-state index contributed by atoms with van der Waals surface area (Å²) >= 11 is 3.72. The van der Waals surface area contributed by atoms with Crippen LogP contribution in [0, 0.1) is 11.8 Å². The lowest BCUT2D eigenvalue weighted by molar-refractivity contribution is 0.103. The quantitative estimate of drug-likeness (QED) is 0.423. The number of hydrogen-bond acceptors (Lipinski definition) is 4. The fourth-order valence-electron chi connectivity index (χ4n) is 4.79. The van der Waals surface area contributed by atoms with E-state index in [1.54, 1.807) is 4.90 Å². The molecule has 0 bridgehead atoms. The van der Waals surface area contributed by atoms with E-state index in [2.05, 4.69) is 46.8 Å². The van der Waals surface area contributed by atoms with E-state index in [0.29, 0.717) is 18.4 Å². The normalized spacial score (nSPS) is 20.2. The van der Waals surface area contributed by atoms with Crippen molar-refractivity contribution in [2.45, 2.75) is 45.6 Å². The van der Waals surface area contributed by atoms with Crippen molar-refractivity contribution < 1.29 is 14.3 Å². The number of likely N-dealkylation sites (tertiary alicyclic amines) is 1. The first-order chi connectivity index (χ1) is 16.0. The minimum atomic E-state index is -0.229. The van der Waals surface area contributed by atoms with Gasteiger partial charge in [-0.2, -0.15) is 0 Å². The number of cyclic esters (lactones) is 1. The summed E-state index contributed by atoms with van der Waals surface area (Å²) in [5.74, 6) is 2.04. The van der Waals surface area contributed by atoms with Crippen LogP contribution in [0.2, 0.25) is 0 Å². The molecule has 0 spiro atoms. The molecule has 1 unspecified atom stereocenters. The van der Waals surface area contributed by atoms with Crippen LogP contribution in [0.15, 0.2) is 53.0 Å². The highest BCUT2D eigenvalue weighted by molar-refractivity contribution is 9.10. The second kappa shape index (κ2) is 11.4. The smallest absolute Gasteiger partial charge is 0.414 e. The molecule has 2 aromatic carbocycles. The summed E-state index contributed by atoms with van der Waals surface area (Å²) in [5.41, 5.74) is 2.26. The molecule has 6 heteroatoms. The molecule has 2 aromatic rings. The Labute approximate surface area is 206 Å². The SMILES string of the molecule is CC(C)Oc1ccc(Br)c(CC2CCN(CCC3COC(=O)N(c4ccccc4)C3)CC2)c1.